The maximum atomic E-state index is 2.49. The van der Waals surface area contributed by atoms with Gasteiger partial charge < -0.3 is 9.80 Å². The van der Waals surface area contributed by atoms with Gasteiger partial charge in [0.1, 0.15) is 0 Å². The van der Waals surface area contributed by atoms with E-state index in [0.717, 1.165) is 29.9 Å². The molecule has 8 aromatic rings. The minimum Gasteiger partial charge on any atom is -0.310 e. The van der Waals surface area contributed by atoms with E-state index < -0.39 is 5.41 Å². The molecule has 2 aliphatic rings. The molecule has 0 aromatic heterocycles. The van der Waals surface area contributed by atoms with Crippen molar-refractivity contribution in [3.63, 3.8) is 0 Å². The van der Waals surface area contributed by atoms with Crippen LogP contribution in [0.3, 0.4) is 0 Å². The first-order chi connectivity index (χ1) is 27.2. The van der Waals surface area contributed by atoms with Gasteiger partial charge in [0, 0.05) is 22.6 Å². The predicted octanol–water partition coefficient (Wildman–Crippen LogP) is 14.1. The van der Waals surface area contributed by atoms with Crippen LogP contribution in [0.25, 0.3) is 22.3 Å². The summed E-state index contributed by atoms with van der Waals surface area (Å²) in [6.07, 6.45) is 1.94. The highest BCUT2D eigenvalue weighted by Gasteiger charge is 2.52. The fourth-order valence-electron chi connectivity index (χ4n) is 9.55. The summed E-state index contributed by atoms with van der Waals surface area (Å²) in [5.74, 6) is 0. The Morgan fingerprint density at radius 1 is 0.418 bits per heavy atom. The second-order valence-electron chi connectivity index (χ2n) is 14.6. The van der Waals surface area contributed by atoms with Crippen molar-refractivity contribution in [1.29, 1.82) is 0 Å². The first kappa shape index (κ1) is 33.0. The summed E-state index contributed by atoms with van der Waals surface area (Å²) >= 11 is 0. The van der Waals surface area contributed by atoms with Crippen molar-refractivity contribution in [2.24, 2.45) is 0 Å². The van der Waals surface area contributed by atoms with Gasteiger partial charge >= 0.3 is 0 Å². The van der Waals surface area contributed by atoms with Gasteiger partial charge in [0.25, 0.3) is 0 Å². The number of aryl methyl sites for hydroxylation is 2. The lowest BCUT2D eigenvalue weighted by molar-refractivity contribution is 0.752. The molecule has 264 valence electrons. The van der Waals surface area contributed by atoms with Crippen molar-refractivity contribution in [3.8, 4) is 22.3 Å². The second-order valence-corrected chi connectivity index (χ2v) is 14.6. The Morgan fingerprint density at radius 2 is 0.964 bits per heavy atom. The van der Waals surface area contributed by atoms with E-state index in [0.29, 0.717) is 0 Å². The number of hydrogen-bond acceptors (Lipinski definition) is 2. The molecule has 55 heavy (non-hydrogen) atoms. The fraction of sp³-hybridized carbons (Fsp3) is 0.0943. The number of rotatable bonds is 7. The van der Waals surface area contributed by atoms with E-state index in [2.05, 4.69) is 218 Å². The highest BCUT2D eigenvalue weighted by molar-refractivity contribution is 6.01. The number of para-hydroxylation sites is 4. The SMILES string of the molecule is CCc1ccccc1-c1ccc(N(c2ccccc2)c2cccc3c2-c2ccccc2C32c3ccccc3N(c3ccccc3)c3ccccc32)cc1CC. The van der Waals surface area contributed by atoms with Crippen molar-refractivity contribution in [2.45, 2.75) is 32.1 Å². The molecule has 0 radical (unpaired) electrons. The molecule has 0 saturated carbocycles. The Balaban J connectivity index is 1.25. The van der Waals surface area contributed by atoms with E-state index in [-0.39, 0.29) is 0 Å². The maximum absolute atomic E-state index is 2.49. The summed E-state index contributed by atoms with van der Waals surface area (Å²) in [6, 6.07) is 71.9. The van der Waals surface area contributed by atoms with Crippen LogP contribution in [0.2, 0.25) is 0 Å². The molecular formula is C53H42N2. The minimum atomic E-state index is -0.523. The monoisotopic (exact) mass is 706 g/mol. The highest BCUT2D eigenvalue weighted by atomic mass is 15.2. The van der Waals surface area contributed by atoms with Gasteiger partial charge in [-0.25, -0.2) is 0 Å². The van der Waals surface area contributed by atoms with Crippen molar-refractivity contribution in [2.75, 3.05) is 9.80 Å². The van der Waals surface area contributed by atoms with E-state index in [1.54, 1.807) is 0 Å². The smallest absolute Gasteiger partial charge is 0.0755 e. The third kappa shape index (κ3) is 4.95. The van der Waals surface area contributed by atoms with Crippen LogP contribution in [-0.4, -0.2) is 0 Å². The predicted molar refractivity (Wildman–Crippen MR) is 231 cm³/mol. The largest absolute Gasteiger partial charge is 0.310 e. The molecule has 1 aliphatic heterocycles. The van der Waals surface area contributed by atoms with Gasteiger partial charge in [-0.3, -0.25) is 0 Å². The Kier molecular flexibility index (Phi) is 7.99. The van der Waals surface area contributed by atoms with Gasteiger partial charge in [-0.15, -0.1) is 0 Å². The van der Waals surface area contributed by atoms with Crippen LogP contribution < -0.4 is 9.80 Å². The van der Waals surface area contributed by atoms with Gasteiger partial charge in [-0.1, -0.05) is 153 Å². The molecular weight excluding hydrogens is 665 g/mol. The summed E-state index contributed by atoms with van der Waals surface area (Å²) in [5, 5.41) is 0. The average Bonchev–Trinajstić information content (AvgIpc) is 3.56. The van der Waals surface area contributed by atoms with Gasteiger partial charge in [0.05, 0.1) is 22.5 Å². The Hall–Kier alpha value is -6.64. The number of hydrogen-bond donors (Lipinski definition) is 0. The molecule has 0 saturated heterocycles. The summed E-state index contributed by atoms with van der Waals surface area (Å²) < 4.78 is 0. The number of fused-ring (bicyclic) bond motifs is 9. The summed E-state index contributed by atoms with van der Waals surface area (Å²) in [5.41, 5.74) is 19.7. The molecule has 0 unspecified atom stereocenters. The molecule has 2 nitrogen and oxygen atoms in total. The van der Waals surface area contributed by atoms with Crippen LogP contribution in [0.5, 0.6) is 0 Å². The number of benzene rings is 8. The molecule has 1 heterocycles. The van der Waals surface area contributed by atoms with Crippen LogP contribution >= 0.6 is 0 Å². The van der Waals surface area contributed by atoms with Crippen LogP contribution in [-0.2, 0) is 18.3 Å². The van der Waals surface area contributed by atoms with Crippen molar-refractivity contribution in [3.05, 3.63) is 228 Å². The quantitative estimate of drug-likeness (QED) is 0.163. The first-order valence-corrected chi connectivity index (χ1v) is 19.6. The normalized spacial score (nSPS) is 13.2. The van der Waals surface area contributed by atoms with Crippen molar-refractivity contribution < 1.29 is 0 Å². The van der Waals surface area contributed by atoms with E-state index in [9.17, 15) is 0 Å². The zero-order valence-corrected chi connectivity index (χ0v) is 31.3. The average molecular weight is 707 g/mol. The lowest BCUT2D eigenvalue weighted by atomic mass is 9.64. The summed E-state index contributed by atoms with van der Waals surface area (Å²) in [4.78, 5) is 4.93. The van der Waals surface area contributed by atoms with E-state index in [4.69, 9.17) is 0 Å². The molecule has 0 bridgehead atoms. The van der Waals surface area contributed by atoms with Crippen LogP contribution in [0.4, 0.5) is 34.1 Å². The molecule has 1 spiro atoms. The lowest BCUT2D eigenvalue weighted by Crippen LogP contribution is -2.36. The van der Waals surface area contributed by atoms with Crippen molar-refractivity contribution in [1.82, 2.24) is 0 Å². The standard InChI is InChI=1S/C53H42N2/c1-3-37-20-11-12-25-42(37)43-35-34-41(36-38(43)4-2)54(39-21-7-5-8-22-39)51-33-19-30-48-52(51)44-26-13-14-27-45(44)53(48)46-28-15-17-31-49(46)55(40-23-9-6-10-24-40)50-32-18-16-29-47(50)53/h5-36H,3-4H2,1-2H3. The van der Waals surface area contributed by atoms with E-state index in [1.165, 1.54) is 72.7 Å². The molecule has 10 rings (SSSR count). The van der Waals surface area contributed by atoms with E-state index >= 15 is 0 Å². The second kappa shape index (κ2) is 13.3. The first-order valence-electron chi connectivity index (χ1n) is 19.6. The molecule has 1 aliphatic carbocycles. The van der Waals surface area contributed by atoms with Gasteiger partial charge in [0.15, 0.2) is 0 Å². The molecule has 8 aromatic carbocycles. The van der Waals surface area contributed by atoms with Gasteiger partial charge in [0.2, 0.25) is 0 Å². The maximum Gasteiger partial charge on any atom is 0.0755 e. The van der Waals surface area contributed by atoms with E-state index in [1.807, 2.05) is 0 Å². The zero-order chi connectivity index (χ0) is 36.9. The van der Waals surface area contributed by atoms with Crippen LogP contribution in [0.15, 0.2) is 194 Å². The third-order valence-corrected chi connectivity index (χ3v) is 11.8. The highest BCUT2D eigenvalue weighted by Crippen LogP contribution is 2.65. The Bertz CT molecular complexity index is 2650. The van der Waals surface area contributed by atoms with Crippen molar-refractivity contribution >= 4 is 34.1 Å². The molecule has 0 atom stereocenters. The molecule has 0 fully saturated rings. The van der Waals surface area contributed by atoms with Crippen LogP contribution in [0.1, 0.15) is 47.2 Å². The third-order valence-electron chi connectivity index (χ3n) is 11.8. The molecule has 0 amide bonds. The summed E-state index contributed by atoms with van der Waals surface area (Å²) in [7, 11) is 0. The van der Waals surface area contributed by atoms with Gasteiger partial charge in [-0.05, 0) is 118 Å². The Labute approximate surface area is 324 Å². The molecule has 0 N–H and O–H groups in total. The van der Waals surface area contributed by atoms with Gasteiger partial charge in [-0.2, -0.15) is 0 Å². The number of anilines is 6. The zero-order valence-electron chi connectivity index (χ0n) is 31.3. The topological polar surface area (TPSA) is 6.48 Å². The molecule has 2 heteroatoms. The van der Waals surface area contributed by atoms with Crippen LogP contribution in [0, 0.1) is 0 Å². The number of nitrogens with zero attached hydrogens (tertiary/aromatic N) is 2. The Morgan fingerprint density at radius 3 is 1.65 bits per heavy atom. The minimum absolute atomic E-state index is 0.523. The summed E-state index contributed by atoms with van der Waals surface area (Å²) in [6.45, 7) is 4.53. The lowest BCUT2D eigenvalue weighted by Gasteiger charge is -2.45. The fourth-order valence-corrected chi connectivity index (χ4v) is 9.55.